The first kappa shape index (κ1) is 33.4. The zero-order valence-electron chi connectivity index (χ0n) is 31.3. The van der Waals surface area contributed by atoms with Crippen LogP contribution in [-0.4, -0.2) is 4.57 Å². The Labute approximate surface area is 328 Å². The summed E-state index contributed by atoms with van der Waals surface area (Å²) in [7, 11) is 0. The van der Waals surface area contributed by atoms with Gasteiger partial charge in [0.15, 0.2) is 0 Å². The maximum Gasteiger partial charge on any atom is 0.0497 e. The molecule has 2 nitrogen and oxygen atoms in total. The van der Waals surface area contributed by atoms with Crippen LogP contribution in [-0.2, 0) is 6.54 Å². The highest BCUT2D eigenvalue weighted by Gasteiger charge is 2.17. The van der Waals surface area contributed by atoms with E-state index in [0.717, 1.165) is 23.6 Å². The van der Waals surface area contributed by atoms with Crippen LogP contribution in [0.4, 0.5) is 17.1 Å². The van der Waals surface area contributed by atoms with Gasteiger partial charge in [-0.2, -0.15) is 0 Å². The Hall–Kier alpha value is -7.16. The van der Waals surface area contributed by atoms with E-state index in [4.69, 9.17) is 0 Å². The van der Waals surface area contributed by atoms with Crippen molar-refractivity contribution in [3.8, 4) is 44.5 Å². The quantitative estimate of drug-likeness (QED) is 0.152. The topological polar surface area (TPSA) is 8.17 Å². The molecule has 10 aromatic rings. The third-order valence-corrected chi connectivity index (χ3v) is 11.2. The van der Waals surface area contributed by atoms with Gasteiger partial charge in [0.2, 0.25) is 0 Å². The van der Waals surface area contributed by atoms with Crippen molar-refractivity contribution >= 4 is 49.6 Å². The zero-order chi connectivity index (χ0) is 37.4. The third kappa shape index (κ3) is 5.93. The molecule has 0 radical (unpaired) electrons. The molecule has 1 heterocycles. The Kier molecular flexibility index (Phi) is 8.50. The lowest BCUT2D eigenvalue weighted by molar-refractivity contribution is 0.827. The molecule has 0 atom stereocenters. The maximum absolute atomic E-state index is 2.43. The molecule has 266 valence electrons. The van der Waals surface area contributed by atoms with Crippen molar-refractivity contribution in [2.75, 3.05) is 4.90 Å². The molecule has 0 aliphatic carbocycles. The molecule has 56 heavy (non-hydrogen) atoms. The van der Waals surface area contributed by atoms with E-state index < -0.39 is 0 Å². The van der Waals surface area contributed by atoms with Crippen molar-refractivity contribution in [1.82, 2.24) is 4.57 Å². The third-order valence-electron chi connectivity index (χ3n) is 11.2. The minimum atomic E-state index is 0.921. The Morgan fingerprint density at radius 1 is 0.357 bits per heavy atom. The van der Waals surface area contributed by atoms with Crippen molar-refractivity contribution in [2.45, 2.75) is 13.5 Å². The van der Waals surface area contributed by atoms with Crippen LogP contribution in [0.3, 0.4) is 0 Å². The Balaban J connectivity index is 1.04. The average molecular weight is 717 g/mol. The predicted octanol–water partition coefficient (Wildman–Crippen LogP) is 15.1. The lowest BCUT2D eigenvalue weighted by atomic mass is 9.96. The van der Waals surface area contributed by atoms with E-state index in [2.05, 4.69) is 229 Å². The second-order valence-electron chi connectivity index (χ2n) is 14.4. The van der Waals surface area contributed by atoms with Crippen molar-refractivity contribution in [3.05, 3.63) is 212 Å². The number of anilines is 3. The molecule has 9 aromatic carbocycles. The summed E-state index contributed by atoms with van der Waals surface area (Å²) in [6.07, 6.45) is 0. The molecule has 0 saturated carbocycles. The Morgan fingerprint density at radius 2 is 0.857 bits per heavy atom. The number of hydrogen-bond donors (Lipinski definition) is 0. The minimum Gasteiger partial charge on any atom is -0.341 e. The Bertz CT molecular complexity index is 2970. The molecule has 0 spiro atoms. The molecule has 0 amide bonds. The van der Waals surface area contributed by atoms with E-state index in [0.29, 0.717) is 0 Å². The molecule has 10 rings (SSSR count). The lowest BCUT2D eigenvalue weighted by Crippen LogP contribution is -2.10. The SMILES string of the molecule is CCn1c2ccccc2c2c(-c3cccc(N(c4ccc(-c5ccccc5)cc4)c4ccc(-c5ccc(-c6cccc7ccccc67)cc5)cc4)c3)cccc21. The van der Waals surface area contributed by atoms with Crippen molar-refractivity contribution in [2.24, 2.45) is 0 Å². The van der Waals surface area contributed by atoms with Gasteiger partial charge in [0.1, 0.15) is 0 Å². The summed E-state index contributed by atoms with van der Waals surface area (Å²) in [4.78, 5) is 2.38. The fourth-order valence-corrected chi connectivity index (χ4v) is 8.50. The lowest BCUT2D eigenvalue weighted by Gasteiger charge is -2.26. The predicted molar refractivity (Wildman–Crippen MR) is 239 cm³/mol. The summed E-state index contributed by atoms with van der Waals surface area (Å²) in [5.41, 5.74) is 15.6. The normalized spacial score (nSPS) is 11.4. The standard InChI is InChI=1S/C54H40N2/c1-2-55-52-23-9-8-20-51(52)54-50(22-12-24-53(54)55)44-17-10-18-47(37-44)56(45-33-29-40(30-34-45)38-13-4-3-5-14-38)46-35-31-41(32-36-46)39-25-27-43(28-26-39)49-21-11-16-42-15-6-7-19-48(42)49/h3-37H,2H2,1H3. The second kappa shape index (κ2) is 14.2. The number of aryl methyl sites for hydroxylation is 1. The van der Waals surface area contributed by atoms with Crippen LogP contribution < -0.4 is 4.90 Å². The highest BCUT2D eigenvalue weighted by Crippen LogP contribution is 2.41. The van der Waals surface area contributed by atoms with Crippen molar-refractivity contribution in [3.63, 3.8) is 0 Å². The van der Waals surface area contributed by atoms with Crippen LogP contribution in [0, 0.1) is 0 Å². The first-order chi connectivity index (χ1) is 27.7. The van der Waals surface area contributed by atoms with E-state index in [9.17, 15) is 0 Å². The number of hydrogen-bond acceptors (Lipinski definition) is 1. The monoisotopic (exact) mass is 716 g/mol. The smallest absolute Gasteiger partial charge is 0.0497 e. The molecule has 2 heteroatoms. The molecular formula is C54H40N2. The van der Waals surface area contributed by atoms with E-state index in [1.807, 2.05) is 0 Å². The van der Waals surface area contributed by atoms with Gasteiger partial charge in [-0.1, -0.05) is 164 Å². The van der Waals surface area contributed by atoms with E-state index in [1.165, 1.54) is 77.1 Å². The van der Waals surface area contributed by atoms with Crippen molar-refractivity contribution in [1.29, 1.82) is 0 Å². The van der Waals surface area contributed by atoms with Crippen LogP contribution in [0.15, 0.2) is 212 Å². The molecule has 0 aliphatic rings. The van der Waals surface area contributed by atoms with E-state index >= 15 is 0 Å². The first-order valence-corrected chi connectivity index (χ1v) is 19.5. The van der Waals surface area contributed by atoms with Gasteiger partial charge >= 0.3 is 0 Å². The summed E-state index contributed by atoms with van der Waals surface area (Å²) in [5, 5.41) is 5.13. The second-order valence-corrected chi connectivity index (χ2v) is 14.4. The minimum absolute atomic E-state index is 0.921. The van der Waals surface area contributed by atoms with Gasteiger partial charge in [-0.15, -0.1) is 0 Å². The molecule has 1 aromatic heterocycles. The van der Waals surface area contributed by atoms with Crippen LogP contribution in [0.1, 0.15) is 6.92 Å². The Morgan fingerprint density at radius 3 is 1.57 bits per heavy atom. The zero-order valence-corrected chi connectivity index (χ0v) is 31.3. The summed E-state index contributed by atoms with van der Waals surface area (Å²) in [5.74, 6) is 0. The molecular weight excluding hydrogens is 677 g/mol. The largest absolute Gasteiger partial charge is 0.341 e. The number of para-hydroxylation sites is 1. The fraction of sp³-hybridized carbons (Fsp3) is 0.0370. The van der Waals surface area contributed by atoms with Gasteiger partial charge in [0, 0.05) is 45.4 Å². The number of rotatable bonds is 8. The van der Waals surface area contributed by atoms with E-state index in [1.54, 1.807) is 0 Å². The summed E-state index contributed by atoms with van der Waals surface area (Å²) >= 11 is 0. The van der Waals surface area contributed by atoms with Gasteiger partial charge in [-0.05, 0) is 111 Å². The molecule has 0 N–H and O–H groups in total. The maximum atomic E-state index is 2.43. The molecule has 0 bridgehead atoms. The van der Waals surface area contributed by atoms with Gasteiger partial charge in [0.25, 0.3) is 0 Å². The van der Waals surface area contributed by atoms with Gasteiger partial charge < -0.3 is 9.47 Å². The van der Waals surface area contributed by atoms with Crippen LogP contribution in [0.2, 0.25) is 0 Å². The van der Waals surface area contributed by atoms with Crippen LogP contribution in [0.5, 0.6) is 0 Å². The number of fused-ring (bicyclic) bond motifs is 4. The highest BCUT2D eigenvalue weighted by atomic mass is 15.1. The average Bonchev–Trinajstić information content (AvgIpc) is 3.61. The van der Waals surface area contributed by atoms with Crippen LogP contribution >= 0.6 is 0 Å². The molecule has 0 aliphatic heterocycles. The van der Waals surface area contributed by atoms with Gasteiger partial charge in [-0.3, -0.25) is 0 Å². The summed E-state index contributed by atoms with van der Waals surface area (Å²) in [6, 6.07) is 77.2. The summed E-state index contributed by atoms with van der Waals surface area (Å²) in [6.45, 7) is 3.15. The molecule has 0 unspecified atom stereocenters. The number of aromatic nitrogens is 1. The number of benzene rings is 9. The molecule has 0 fully saturated rings. The highest BCUT2D eigenvalue weighted by molar-refractivity contribution is 6.15. The fourth-order valence-electron chi connectivity index (χ4n) is 8.50. The van der Waals surface area contributed by atoms with E-state index in [-0.39, 0.29) is 0 Å². The van der Waals surface area contributed by atoms with Gasteiger partial charge in [0.05, 0.1) is 0 Å². The molecule has 0 saturated heterocycles. The number of nitrogens with zero attached hydrogens (tertiary/aromatic N) is 2. The van der Waals surface area contributed by atoms with Gasteiger partial charge in [-0.25, -0.2) is 0 Å². The summed E-state index contributed by atoms with van der Waals surface area (Å²) < 4.78 is 2.43. The first-order valence-electron chi connectivity index (χ1n) is 19.5. The van der Waals surface area contributed by atoms with Crippen LogP contribution in [0.25, 0.3) is 77.1 Å². The van der Waals surface area contributed by atoms with Crippen molar-refractivity contribution < 1.29 is 0 Å².